The number of nitrogens with zero attached hydrogens (tertiary/aromatic N) is 2. The second-order valence-corrected chi connectivity index (χ2v) is 6.13. The third-order valence-corrected chi connectivity index (χ3v) is 3.57. The van der Waals surface area contributed by atoms with Crippen molar-refractivity contribution >= 4 is 0 Å². The molecule has 0 saturated carbocycles. The van der Waals surface area contributed by atoms with Gasteiger partial charge in [0.1, 0.15) is 5.82 Å². The summed E-state index contributed by atoms with van der Waals surface area (Å²) in [5.74, 6) is 1.54. The summed E-state index contributed by atoms with van der Waals surface area (Å²) in [4.78, 5) is 8.95. The zero-order chi connectivity index (χ0) is 15.2. The van der Waals surface area contributed by atoms with Gasteiger partial charge in [0.05, 0.1) is 0 Å². The van der Waals surface area contributed by atoms with Crippen molar-refractivity contribution < 1.29 is 0 Å². The number of aryl methyl sites for hydroxylation is 2. The van der Waals surface area contributed by atoms with Crippen LogP contribution in [0.25, 0.3) is 0 Å². The van der Waals surface area contributed by atoms with E-state index in [1.807, 2.05) is 12.4 Å². The normalized spacial score (nSPS) is 11.1. The Labute approximate surface area is 127 Å². The van der Waals surface area contributed by atoms with Crippen LogP contribution in [0.2, 0.25) is 0 Å². The van der Waals surface area contributed by atoms with Crippen LogP contribution >= 0.6 is 0 Å². The van der Waals surface area contributed by atoms with E-state index in [1.54, 1.807) is 0 Å². The third kappa shape index (κ3) is 4.94. The molecule has 0 aliphatic heterocycles. The van der Waals surface area contributed by atoms with E-state index >= 15 is 0 Å². The topological polar surface area (TPSA) is 37.8 Å². The second kappa shape index (κ2) is 7.32. The summed E-state index contributed by atoms with van der Waals surface area (Å²) < 4.78 is 0. The number of hydrogen-bond donors (Lipinski definition) is 1. The fourth-order valence-electron chi connectivity index (χ4n) is 2.17. The molecule has 112 valence electrons. The fourth-order valence-corrected chi connectivity index (χ4v) is 2.17. The molecule has 1 aromatic carbocycles. The van der Waals surface area contributed by atoms with E-state index < -0.39 is 0 Å². The van der Waals surface area contributed by atoms with E-state index in [9.17, 15) is 0 Å². The first-order chi connectivity index (χ1) is 10.0. The van der Waals surface area contributed by atoms with Gasteiger partial charge < -0.3 is 5.32 Å². The highest BCUT2D eigenvalue weighted by Gasteiger charge is 2.02. The number of hydrogen-bond acceptors (Lipinski definition) is 3. The van der Waals surface area contributed by atoms with Crippen molar-refractivity contribution in [1.29, 1.82) is 0 Å². The minimum atomic E-state index is 0.662. The first-order valence-electron chi connectivity index (χ1n) is 7.61. The molecule has 0 atom stereocenters. The molecule has 3 heteroatoms. The maximum absolute atomic E-state index is 4.47. The second-order valence-electron chi connectivity index (χ2n) is 6.13. The molecule has 0 bridgehead atoms. The van der Waals surface area contributed by atoms with E-state index in [0.29, 0.717) is 5.92 Å². The van der Waals surface area contributed by atoms with Gasteiger partial charge in [-0.15, -0.1) is 0 Å². The Morgan fingerprint density at radius 1 is 1.00 bits per heavy atom. The number of rotatable bonds is 6. The molecule has 0 amide bonds. The highest BCUT2D eigenvalue weighted by molar-refractivity contribution is 5.31. The van der Waals surface area contributed by atoms with Gasteiger partial charge in [-0.1, -0.05) is 32.0 Å². The van der Waals surface area contributed by atoms with Crippen molar-refractivity contribution in [2.75, 3.05) is 6.54 Å². The maximum atomic E-state index is 4.47. The van der Waals surface area contributed by atoms with Crippen LogP contribution in [0.3, 0.4) is 0 Å². The van der Waals surface area contributed by atoms with Crippen LogP contribution in [-0.4, -0.2) is 16.5 Å². The molecule has 3 nitrogen and oxygen atoms in total. The summed E-state index contributed by atoms with van der Waals surface area (Å²) in [6.45, 7) is 10.5. The molecule has 0 aliphatic rings. The lowest BCUT2D eigenvalue weighted by atomic mass is 10.0. The molecule has 1 N–H and O–H groups in total. The Kier molecular flexibility index (Phi) is 5.45. The number of benzene rings is 1. The predicted octanol–water partition coefficient (Wildman–Crippen LogP) is 3.43. The van der Waals surface area contributed by atoms with Gasteiger partial charge in [-0.2, -0.15) is 0 Å². The van der Waals surface area contributed by atoms with Gasteiger partial charge in [-0.3, -0.25) is 0 Å². The highest BCUT2D eigenvalue weighted by atomic mass is 14.9. The third-order valence-electron chi connectivity index (χ3n) is 3.57. The van der Waals surface area contributed by atoms with E-state index in [2.05, 4.69) is 61.2 Å². The minimum absolute atomic E-state index is 0.662. The zero-order valence-corrected chi connectivity index (χ0v) is 13.5. The molecule has 21 heavy (non-hydrogen) atoms. The quantitative estimate of drug-likeness (QED) is 0.882. The molecular weight excluding hydrogens is 258 g/mol. The zero-order valence-electron chi connectivity index (χ0n) is 13.5. The highest BCUT2D eigenvalue weighted by Crippen LogP contribution is 2.12. The van der Waals surface area contributed by atoms with Crippen molar-refractivity contribution in [2.24, 2.45) is 5.92 Å². The molecule has 0 fully saturated rings. The Morgan fingerprint density at radius 2 is 1.71 bits per heavy atom. The van der Waals surface area contributed by atoms with Crippen LogP contribution in [0.4, 0.5) is 0 Å². The first kappa shape index (κ1) is 15.6. The SMILES string of the molecule is Cc1ccc(Cc2ncc(CNCC(C)C)cn2)cc1C. The van der Waals surface area contributed by atoms with Gasteiger partial charge in [0.25, 0.3) is 0 Å². The lowest BCUT2D eigenvalue weighted by Crippen LogP contribution is -2.19. The molecule has 1 heterocycles. The summed E-state index contributed by atoms with van der Waals surface area (Å²) in [6.07, 6.45) is 4.65. The van der Waals surface area contributed by atoms with Crippen molar-refractivity contribution in [2.45, 2.75) is 40.7 Å². The molecule has 2 aromatic rings. The van der Waals surface area contributed by atoms with Crippen molar-refractivity contribution in [1.82, 2.24) is 15.3 Å². The summed E-state index contributed by atoms with van der Waals surface area (Å²) in [7, 11) is 0. The number of nitrogens with one attached hydrogen (secondary N) is 1. The first-order valence-corrected chi connectivity index (χ1v) is 7.61. The number of aromatic nitrogens is 2. The van der Waals surface area contributed by atoms with Gasteiger partial charge in [0.15, 0.2) is 0 Å². The molecule has 0 radical (unpaired) electrons. The van der Waals surface area contributed by atoms with Gasteiger partial charge in [0.2, 0.25) is 0 Å². The minimum Gasteiger partial charge on any atom is -0.312 e. The van der Waals surface area contributed by atoms with Crippen molar-refractivity contribution in [3.63, 3.8) is 0 Å². The molecule has 0 spiro atoms. The van der Waals surface area contributed by atoms with Gasteiger partial charge in [0, 0.05) is 30.9 Å². The van der Waals surface area contributed by atoms with Crippen LogP contribution in [0, 0.1) is 19.8 Å². The average Bonchev–Trinajstić information content (AvgIpc) is 2.44. The lowest BCUT2D eigenvalue weighted by Gasteiger charge is -2.08. The average molecular weight is 283 g/mol. The van der Waals surface area contributed by atoms with E-state index in [1.165, 1.54) is 16.7 Å². The van der Waals surface area contributed by atoms with Crippen LogP contribution in [0.5, 0.6) is 0 Å². The maximum Gasteiger partial charge on any atom is 0.132 e. The standard InChI is InChI=1S/C18H25N3/c1-13(2)9-19-10-17-11-20-18(21-12-17)8-16-6-5-14(3)15(4)7-16/h5-7,11-13,19H,8-10H2,1-4H3. The Bertz CT molecular complexity index is 574. The van der Waals surface area contributed by atoms with Gasteiger partial charge >= 0.3 is 0 Å². The Morgan fingerprint density at radius 3 is 2.33 bits per heavy atom. The molecular formula is C18H25N3. The van der Waals surface area contributed by atoms with Gasteiger partial charge in [-0.25, -0.2) is 9.97 Å². The van der Waals surface area contributed by atoms with Gasteiger partial charge in [-0.05, 0) is 43.0 Å². The van der Waals surface area contributed by atoms with E-state index in [0.717, 1.165) is 30.9 Å². The monoisotopic (exact) mass is 283 g/mol. The molecule has 2 rings (SSSR count). The molecule has 1 aromatic heterocycles. The van der Waals surface area contributed by atoms with Crippen LogP contribution < -0.4 is 5.32 Å². The van der Waals surface area contributed by atoms with Crippen molar-refractivity contribution in [3.05, 3.63) is 58.7 Å². The summed E-state index contributed by atoms with van der Waals surface area (Å²) >= 11 is 0. The van der Waals surface area contributed by atoms with Crippen LogP contribution in [0.15, 0.2) is 30.6 Å². The molecule has 0 saturated heterocycles. The smallest absolute Gasteiger partial charge is 0.132 e. The summed E-state index contributed by atoms with van der Waals surface area (Å²) in [5.41, 5.74) is 5.05. The van der Waals surface area contributed by atoms with Crippen LogP contribution in [-0.2, 0) is 13.0 Å². The lowest BCUT2D eigenvalue weighted by molar-refractivity contribution is 0.551. The molecule has 0 aliphatic carbocycles. The largest absolute Gasteiger partial charge is 0.312 e. The van der Waals surface area contributed by atoms with E-state index in [-0.39, 0.29) is 0 Å². The predicted molar refractivity (Wildman–Crippen MR) is 87.3 cm³/mol. The summed E-state index contributed by atoms with van der Waals surface area (Å²) in [6, 6.07) is 6.54. The van der Waals surface area contributed by atoms with Crippen LogP contribution in [0.1, 0.15) is 41.9 Å². The van der Waals surface area contributed by atoms with Crippen molar-refractivity contribution in [3.8, 4) is 0 Å². The fraction of sp³-hybridized carbons (Fsp3) is 0.444. The Hall–Kier alpha value is -1.74. The Balaban J connectivity index is 1.94. The molecule has 0 unspecified atom stereocenters. The van der Waals surface area contributed by atoms with E-state index in [4.69, 9.17) is 0 Å². The summed E-state index contributed by atoms with van der Waals surface area (Å²) in [5, 5.41) is 3.40.